The molecule has 10 atom stereocenters. The summed E-state index contributed by atoms with van der Waals surface area (Å²) in [6.45, 7) is 25.8. The molecule has 0 unspecified atom stereocenters. The first kappa shape index (κ1) is 46.9. The molecule has 10 nitrogen and oxygen atoms in total. The van der Waals surface area contributed by atoms with Crippen molar-refractivity contribution in [1.82, 2.24) is 10.6 Å². The molecular formula is C51H76N2O8S. The molecule has 0 radical (unpaired) electrons. The van der Waals surface area contributed by atoms with E-state index >= 15 is 0 Å². The van der Waals surface area contributed by atoms with Gasteiger partial charge in [-0.25, -0.2) is 8.42 Å². The molecule has 5 saturated carbocycles. The lowest BCUT2D eigenvalue weighted by Gasteiger charge is -2.72. The second kappa shape index (κ2) is 15.5. The maximum absolute atomic E-state index is 14.2. The molecule has 0 aromatic heterocycles. The molecular weight excluding hydrogens is 801 g/mol. The molecule has 1 aromatic rings. The number of benzene rings is 1. The van der Waals surface area contributed by atoms with Crippen LogP contribution in [-0.4, -0.2) is 68.1 Å². The molecule has 7 rings (SSSR count). The third kappa shape index (κ3) is 7.43. The van der Waals surface area contributed by atoms with Gasteiger partial charge in [0.2, 0.25) is 0 Å². The third-order valence-corrected chi connectivity index (χ3v) is 20.1. The van der Waals surface area contributed by atoms with Crippen LogP contribution in [0.1, 0.15) is 157 Å². The number of ether oxygens (including phenoxy) is 1. The number of rotatable bonds is 12. The lowest BCUT2D eigenvalue weighted by Crippen LogP contribution is -2.66. The molecule has 0 aliphatic heterocycles. The quantitative estimate of drug-likeness (QED) is 0.138. The zero-order valence-electron chi connectivity index (χ0n) is 39.8. The predicted molar refractivity (Wildman–Crippen MR) is 241 cm³/mol. The number of carboxylic acid groups (broad SMARTS) is 1. The van der Waals surface area contributed by atoms with E-state index in [4.69, 9.17) is 4.74 Å². The average molecular weight is 877 g/mol. The number of hydrogen-bond acceptors (Lipinski definition) is 8. The Kier molecular flexibility index (Phi) is 11.8. The van der Waals surface area contributed by atoms with Gasteiger partial charge in [0.1, 0.15) is 6.10 Å². The molecule has 6 aliphatic carbocycles. The van der Waals surface area contributed by atoms with Gasteiger partial charge in [-0.2, -0.15) is 0 Å². The van der Waals surface area contributed by atoms with Gasteiger partial charge in [-0.05, 0) is 160 Å². The maximum Gasteiger partial charge on any atom is 0.309 e. The normalized spacial score (nSPS) is 37.3. The van der Waals surface area contributed by atoms with Crippen molar-refractivity contribution in [3.05, 3.63) is 41.0 Å². The molecule has 1 amide bonds. The SMILES string of the molecule is CC(C)C1=C2[C@H]3CC[C@@H]4[C@@]5(C)CC[C@H](OC(=O)[C@H]6C[C@@H](C(=O)O)C6(C)C)C(C)(C)[C@@H]5CC[C@@]4(C)[C@]3(C)CC[C@@]2(CCNCC(C)(C)NC(=O)c2ccc(S(C)(=O)=O)cc2)CC1=O. The lowest BCUT2D eigenvalue weighted by molar-refractivity contribution is -0.236. The van der Waals surface area contributed by atoms with Crippen LogP contribution in [0.2, 0.25) is 0 Å². The summed E-state index contributed by atoms with van der Waals surface area (Å²) in [4.78, 5) is 53.0. The van der Waals surface area contributed by atoms with E-state index in [1.54, 1.807) is 12.1 Å². The summed E-state index contributed by atoms with van der Waals surface area (Å²) < 4.78 is 30.3. The van der Waals surface area contributed by atoms with Crippen molar-refractivity contribution >= 4 is 33.5 Å². The first-order chi connectivity index (χ1) is 28.6. The number of ketones is 1. The second-order valence-corrected chi connectivity index (χ2v) is 25.8. The van der Waals surface area contributed by atoms with Crippen LogP contribution >= 0.6 is 0 Å². The van der Waals surface area contributed by atoms with E-state index < -0.39 is 32.7 Å². The van der Waals surface area contributed by atoms with E-state index in [1.807, 2.05) is 27.7 Å². The van der Waals surface area contributed by atoms with Gasteiger partial charge in [0.25, 0.3) is 5.91 Å². The van der Waals surface area contributed by atoms with E-state index in [1.165, 1.54) is 17.7 Å². The predicted octanol–water partition coefficient (Wildman–Crippen LogP) is 9.22. The Balaban J connectivity index is 1.05. The number of esters is 1. The average Bonchev–Trinajstić information content (AvgIpc) is 3.46. The largest absolute Gasteiger partial charge is 0.481 e. The van der Waals surface area contributed by atoms with Gasteiger partial charge >= 0.3 is 11.9 Å². The van der Waals surface area contributed by atoms with Gasteiger partial charge in [-0.3, -0.25) is 19.2 Å². The molecule has 0 heterocycles. The number of carbonyl (C=O) groups excluding carboxylic acids is 3. The van der Waals surface area contributed by atoms with Gasteiger partial charge in [0.15, 0.2) is 15.6 Å². The maximum atomic E-state index is 14.2. The molecule has 6 aliphatic rings. The Hall–Kier alpha value is -3.05. The topological polar surface area (TPSA) is 156 Å². The minimum atomic E-state index is -3.35. The zero-order valence-corrected chi connectivity index (χ0v) is 40.6. The summed E-state index contributed by atoms with van der Waals surface area (Å²) in [6.07, 6.45) is 11.1. The fraction of sp³-hybridized carbons (Fsp3) is 0.765. The second-order valence-electron chi connectivity index (χ2n) is 23.8. The smallest absolute Gasteiger partial charge is 0.309 e. The Morgan fingerprint density at radius 1 is 0.855 bits per heavy atom. The first-order valence-corrected chi connectivity index (χ1v) is 25.5. The highest BCUT2D eigenvalue weighted by Gasteiger charge is 2.70. The van der Waals surface area contributed by atoms with E-state index in [-0.39, 0.29) is 61.8 Å². The Bertz CT molecular complexity index is 2140. The van der Waals surface area contributed by atoms with Crippen molar-refractivity contribution in [1.29, 1.82) is 0 Å². The number of Topliss-reactive ketones (excluding diaryl/α,β-unsaturated/α-hetero) is 1. The van der Waals surface area contributed by atoms with Gasteiger partial charge in [0, 0.05) is 41.2 Å². The Morgan fingerprint density at radius 3 is 2.11 bits per heavy atom. The van der Waals surface area contributed by atoms with E-state index in [0.717, 1.165) is 76.2 Å². The molecule has 0 spiro atoms. The number of amides is 1. The molecule has 0 saturated heterocycles. The van der Waals surface area contributed by atoms with Crippen LogP contribution in [0.3, 0.4) is 0 Å². The summed E-state index contributed by atoms with van der Waals surface area (Å²) in [7, 11) is -3.35. The van der Waals surface area contributed by atoms with Crippen LogP contribution in [0.15, 0.2) is 40.3 Å². The van der Waals surface area contributed by atoms with Gasteiger partial charge < -0.3 is 20.5 Å². The number of carbonyl (C=O) groups is 4. The van der Waals surface area contributed by atoms with Crippen LogP contribution in [0.25, 0.3) is 0 Å². The molecule has 344 valence electrons. The summed E-state index contributed by atoms with van der Waals surface area (Å²) in [6, 6.07) is 6.02. The van der Waals surface area contributed by atoms with E-state index in [9.17, 15) is 32.7 Å². The summed E-state index contributed by atoms with van der Waals surface area (Å²) in [5, 5.41) is 16.5. The third-order valence-electron chi connectivity index (χ3n) is 19.0. The van der Waals surface area contributed by atoms with E-state index in [2.05, 4.69) is 59.1 Å². The number of sulfone groups is 1. The number of hydrogen-bond donors (Lipinski definition) is 3. The summed E-state index contributed by atoms with van der Waals surface area (Å²) >= 11 is 0. The van der Waals surface area contributed by atoms with E-state index in [0.29, 0.717) is 48.5 Å². The van der Waals surface area contributed by atoms with Crippen LogP contribution in [-0.2, 0) is 29.0 Å². The van der Waals surface area contributed by atoms with Crippen LogP contribution in [0.5, 0.6) is 0 Å². The first-order valence-electron chi connectivity index (χ1n) is 23.6. The summed E-state index contributed by atoms with van der Waals surface area (Å²) in [5.74, 6) is -0.489. The van der Waals surface area contributed by atoms with Crippen molar-refractivity contribution in [2.45, 2.75) is 163 Å². The van der Waals surface area contributed by atoms with Crippen molar-refractivity contribution in [2.75, 3.05) is 19.3 Å². The van der Waals surface area contributed by atoms with Gasteiger partial charge in [-0.1, -0.05) is 67.9 Å². The van der Waals surface area contributed by atoms with Crippen molar-refractivity contribution in [2.24, 2.45) is 68.0 Å². The minimum Gasteiger partial charge on any atom is -0.481 e. The lowest BCUT2D eigenvalue weighted by atomic mass is 9.33. The van der Waals surface area contributed by atoms with Crippen molar-refractivity contribution in [3.63, 3.8) is 0 Å². The highest BCUT2D eigenvalue weighted by molar-refractivity contribution is 7.90. The molecule has 1 aromatic carbocycles. The van der Waals surface area contributed by atoms with Crippen molar-refractivity contribution in [3.8, 4) is 0 Å². The number of nitrogens with one attached hydrogen (secondary N) is 2. The fourth-order valence-corrected chi connectivity index (χ4v) is 15.8. The van der Waals surface area contributed by atoms with Gasteiger partial charge in [0.05, 0.1) is 16.7 Å². The highest BCUT2D eigenvalue weighted by atomic mass is 32.2. The monoisotopic (exact) mass is 877 g/mol. The minimum absolute atomic E-state index is 0.0383. The molecule has 11 heteroatoms. The van der Waals surface area contributed by atoms with Crippen LogP contribution in [0.4, 0.5) is 0 Å². The summed E-state index contributed by atoms with van der Waals surface area (Å²) in [5.41, 5.74) is 1.59. The standard InChI is InChI=1S/C51H76N2O8S/c1-30(2)40-36(54)28-51(25-26-52-29-45(3,4)53-42(55)31-13-15-32(16-14-31)62(12,59)60)24-23-49(10)33(41(40)51)17-18-38-48(9)21-20-39(47(7,8)37(48)19-22-50(38,49)11)61-44(58)35-27-34(43(56)57)46(35,5)6/h13-16,30,33-35,37-39,52H,17-29H2,1-12H3,(H,53,55)(H,56,57)/t33-,34+,35-,37+,38-,39+,48+,49-,50-,51-/m1/s1. The Labute approximate surface area is 371 Å². The molecule has 5 fully saturated rings. The fourth-order valence-electron chi connectivity index (χ4n) is 15.2. The molecule has 3 N–H and O–H groups in total. The number of allylic oxidation sites excluding steroid dienone is 2. The molecule has 0 bridgehead atoms. The highest BCUT2D eigenvalue weighted by Crippen LogP contribution is 2.77. The van der Waals surface area contributed by atoms with Crippen molar-refractivity contribution < 1.29 is 37.4 Å². The van der Waals surface area contributed by atoms with Crippen LogP contribution in [0, 0.1) is 68.0 Å². The zero-order chi connectivity index (χ0) is 45.8. The number of carboxylic acids is 1. The van der Waals surface area contributed by atoms with Crippen LogP contribution < -0.4 is 10.6 Å². The molecule has 62 heavy (non-hydrogen) atoms. The number of aliphatic carboxylic acids is 1. The Morgan fingerprint density at radius 2 is 1.52 bits per heavy atom. The number of fused-ring (bicyclic) bond motifs is 7. The van der Waals surface area contributed by atoms with Gasteiger partial charge in [-0.15, -0.1) is 0 Å².